The molecule has 3 rings (SSSR count). The van der Waals surface area contributed by atoms with Gasteiger partial charge in [-0.05, 0) is 30.2 Å². The molecule has 0 unspecified atom stereocenters. The summed E-state index contributed by atoms with van der Waals surface area (Å²) < 4.78 is 11.7. The van der Waals surface area contributed by atoms with Crippen LogP contribution < -0.4 is 5.32 Å². The van der Waals surface area contributed by atoms with Gasteiger partial charge in [0.2, 0.25) is 0 Å². The molecular formula is C22H26N4O5. The molecule has 3 amide bonds. The van der Waals surface area contributed by atoms with E-state index >= 15 is 0 Å². The van der Waals surface area contributed by atoms with Crippen molar-refractivity contribution in [3.05, 3.63) is 58.8 Å². The van der Waals surface area contributed by atoms with Crippen molar-refractivity contribution in [3.63, 3.8) is 0 Å². The Kier molecular flexibility index (Phi) is 7.19. The van der Waals surface area contributed by atoms with E-state index in [4.69, 9.17) is 9.47 Å². The van der Waals surface area contributed by atoms with Crippen LogP contribution >= 0.6 is 0 Å². The van der Waals surface area contributed by atoms with E-state index in [2.05, 4.69) is 17.2 Å². The average molecular weight is 426 g/mol. The van der Waals surface area contributed by atoms with E-state index in [0.29, 0.717) is 17.8 Å². The Labute approximate surface area is 180 Å². The normalized spacial score (nSPS) is 14.9. The average Bonchev–Trinajstić information content (AvgIpc) is 3.27. The van der Waals surface area contributed by atoms with Gasteiger partial charge in [0.15, 0.2) is 0 Å². The summed E-state index contributed by atoms with van der Waals surface area (Å²) in [6, 6.07) is 6.62. The number of aromatic nitrogens is 2. The highest BCUT2D eigenvalue weighted by Gasteiger charge is 2.33. The quantitative estimate of drug-likeness (QED) is 0.376. The fourth-order valence-corrected chi connectivity index (χ4v) is 3.27. The first kappa shape index (κ1) is 22.2. The van der Waals surface area contributed by atoms with Gasteiger partial charge >= 0.3 is 12.0 Å². The summed E-state index contributed by atoms with van der Waals surface area (Å²) in [5, 5.41) is 2.58. The van der Waals surface area contributed by atoms with Crippen LogP contribution in [-0.4, -0.2) is 53.3 Å². The van der Waals surface area contributed by atoms with Gasteiger partial charge in [-0.3, -0.25) is 4.79 Å². The molecule has 0 aliphatic carbocycles. The molecule has 0 radical (unpaired) electrons. The molecule has 1 saturated heterocycles. The van der Waals surface area contributed by atoms with Gasteiger partial charge in [-0.15, -0.1) is 0 Å². The van der Waals surface area contributed by atoms with E-state index in [9.17, 15) is 14.4 Å². The second-order valence-corrected chi connectivity index (χ2v) is 7.12. The largest absolute Gasteiger partial charge is 0.465 e. The fraction of sp³-hybridized carbons (Fsp3) is 0.364. The third kappa shape index (κ3) is 5.00. The predicted molar refractivity (Wildman–Crippen MR) is 113 cm³/mol. The summed E-state index contributed by atoms with van der Waals surface area (Å²) in [5.74, 6) is 0.0488. The number of aryl methyl sites for hydroxylation is 1. The number of rotatable bonds is 9. The lowest BCUT2D eigenvalue weighted by Gasteiger charge is -2.11. The summed E-state index contributed by atoms with van der Waals surface area (Å²) in [6.07, 6.45) is 6.11. The molecule has 1 aliphatic heterocycles. The SMILES string of the molecule is CCCCc1ncc(C=C2NC(=O)N(COC)C2=O)n1Cc1ccc(C(=O)OC)cc1. The summed E-state index contributed by atoms with van der Waals surface area (Å²) in [5.41, 5.74) is 2.31. The fourth-order valence-electron chi connectivity index (χ4n) is 3.27. The number of imide groups is 1. The summed E-state index contributed by atoms with van der Waals surface area (Å²) in [7, 11) is 2.77. The molecule has 1 aromatic heterocycles. The third-order valence-corrected chi connectivity index (χ3v) is 4.95. The number of hydrogen-bond acceptors (Lipinski definition) is 6. The molecule has 0 bridgehead atoms. The van der Waals surface area contributed by atoms with Crippen LogP contribution in [0.5, 0.6) is 0 Å². The van der Waals surface area contributed by atoms with Crippen molar-refractivity contribution in [2.75, 3.05) is 21.0 Å². The number of esters is 1. The van der Waals surface area contributed by atoms with Gasteiger partial charge < -0.3 is 19.4 Å². The van der Waals surface area contributed by atoms with Crippen LogP contribution in [0.15, 0.2) is 36.2 Å². The number of urea groups is 1. The van der Waals surface area contributed by atoms with Crippen LogP contribution in [0.4, 0.5) is 4.79 Å². The van der Waals surface area contributed by atoms with Crippen LogP contribution in [0.2, 0.25) is 0 Å². The summed E-state index contributed by atoms with van der Waals surface area (Å²) in [4.78, 5) is 41.7. The van der Waals surface area contributed by atoms with Crippen molar-refractivity contribution >= 4 is 24.0 Å². The monoisotopic (exact) mass is 426 g/mol. The minimum atomic E-state index is -0.520. The van der Waals surface area contributed by atoms with Crippen molar-refractivity contribution < 1.29 is 23.9 Å². The number of unbranched alkanes of at least 4 members (excludes halogenated alkanes) is 1. The Morgan fingerprint density at radius 1 is 1.19 bits per heavy atom. The lowest BCUT2D eigenvalue weighted by atomic mass is 10.1. The Morgan fingerprint density at radius 3 is 2.58 bits per heavy atom. The van der Waals surface area contributed by atoms with Gasteiger partial charge in [-0.2, -0.15) is 0 Å². The van der Waals surface area contributed by atoms with Gasteiger partial charge in [0.25, 0.3) is 5.91 Å². The first-order valence-electron chi connectivity index (χ1n) is 10.0. The Hall–Kier alpha value is -3.46. The van der Waals surface area contributed by atoms with E-state index in [1.807, 2.05) is 16.7 Å². The molecule has 9 heteroatoms. The Morgan fingerprint density at radius 2 is 1.94 bits per heavy atom. The van der Waals surface area contributed by atoms with Crippen molar-refractivity contribution in [1.82, 2.24) is 19.8 Å². The second-order valence-electron chi connectivity index (χ2n) is 7.12. The molecule has 0 spiro atoms. The van der Waals surface area contributed by atoms with Gasteiger partial charge in [-0.25, -0.2) is 19.5 Å². The molecule has 1 aliphatic rings. The minimum Gasteiger partial charge on any atom is -0.465 e. The highest BCUT2D eigenvalue weighted by molar-refractivity contribution is 6.13. The third-order valence-electron chi connectivity index (χ3n) is 4.95. The van der Waals surface area contributed by atoms with Crippen LogP contribution in [0.25, 0.3) is 6.08 Å². The molecule has 9 nitrogen and oxygen atoms in total. The first-order chi connectivity index (χ1) is 15.0. The number of nitrogens with one attached hydrogen (secondary N) is 1. The number of carbonyl (C=O) groups excluding carboxylic acids is 3. The molecular weight excluding hydrogens is 400 g/mol. The van der Waals surface area contributed by atoms with Gasteiger partial charge in [0, 0.05) is 20.1 Å². The number of nitrogens with zero attached hydrogens (tertiary/aromatic N) is 3. The smallest absolute Gasteiger partial charge is 0.337 e. The molecule has 0 saturated carbocycles. The lowest BCUT2D eigenvalue weighted by molar-refractivity contribution is -0.126. The standard InChI is InChI=1S/C22H26N4O5/c1-4-5-6-19-23-12-17(11-18-20(27)26(14-30-2)22(29)24-18)25(19)13-15-7-9-16(10-8-15)21(28)31-3/h7-12H,4-6,13-14H2,1-3H3,(H,24,29). The van der Waals surface area contributed by atoms with Crippen molar-refractivity contribution in [3.8, 4) is 0 Å². The molecule has 2 heterocycles. The van der Waals surface area contributed by atoms with E-state index < -0.39 is 11.9 Å². The van der Waals surface area contributed by atoms with Gasteiger partial charge in [0.1, 0.15) is 18.3 Å². The number of hydrogen-bond donors (Lipinski definition) is 1. The van der Waals surface area contributed by atoms with Crippen LogP contribution in [0, 0.1) is 0 Å². The van der Waals surface area contributed by atoms with Crippen LogP contribution in [-0.2, 0) is 27.2 Å². The molecule has 164 valence electrons. The van der Waals surface area contributed by atoms with E-state index in [-0.39, 0.29) is 18.4 Å². The van der Waals surface area contributed by atoms with Crippen molar-refractivity contribution in [1.29, 1.82) is 0 Å². The zero-order valence-corrected chi connectivity index (χ0v) is 17.9. The van der Waals surface area contributed by atoms with E-state index in [0.717, 1.165) is 35.6 Å². The van der Waals surface area contributed by atoms with Crippen molar-refractivity contribution in [2.24, 2.45) is 0 Å². The maximum absolute atomic E-state index is 12.5. The number of carbonyl (C=O) groups is 3. The Bertz CT molecular complexity index is 994. The molecule has 2 aromatic rings. The zero-order valence-electron chi connectivity index (χ0n) is 17.9. The number of imidazole rings is 1. The summed E-state index contributed by atoms with van der Waals surface area (Å²) >= 11 is 0. The topological polar surface area (TPSA) is 103 Å². The maximum Gasteiger partial charge on any atom is 0.337 e. The van der Waals surface area contributed by atoms with Gasteiger partial charge in [0.05, 0.1) is 24.6 Å². The number of amides is 3. The molecule has 0 atom stereocenters. The minimum absolute atomic E-state index is 0.116. The molecule has 31 heavy (non-hydrogen) atoms. The zero-order chi connectivity index (χ0) is 22.4. The van der Waals surface area contributed by atoms with Crippen LogP contribution in [0.1, 0.15) is 47.2 Å². The predicted octanol–water partition coefficient (Wildman–Crippen LogP) is 2.56. The molecule has 1 fully saturated rings. The van der Waals surface area contributed by atoms with E-state index in [1.165, 1.54) is 14.2 Å². The maximum atomic E-state index is 12.5. The van der Waals surface area contributed by atoms with Gasteiger partial charge in [-0.1, -0.05) is 25.5 Å². The number of ether oxygens (including phenoxy) is 2. The Balaban J connectivity index is 1.90. The number of methoxy groups -OCH3 is 2. The highest BCUT2D eigenvalue weighted by atomic mass is 16.5. The lowest BCUT2D eigenvalue weighted by Crippen LogP contribution is -2.32. The number of benzene rings is 1. The molecule has 1 N–H and O–H groups in total. The van der Waals surface area contributed by atoms with E-state index in [1.54, 1.807) is 24.4 Å². The van der Waals surface area contributed by atoms with Crippen LogP contribution in [0.3, 0.4) is 0 Å². The first-order valence-corrected chi connectivity index (χ1v) is 10.0. The summed E-state index contributed by atoms with van der Waals surface area (Å²) in [6.45, 7) is 2.50. The highest BCUT2D eigenvalue weighted by Crippen LogP contribution is 2.18. The van der Waals surface area contributed by atoms with Crippen molar-refractivity contribution in [2.45, 2.75) is 32.7 Å². The second kappa shape index (κ2) is 10.0. The molecule has 1 aromatic carbocycles.